The van der Waals surface area contributed by atoms with Gasteiger partial charge >= 0.3 is 5.97 Å². The molecule has 0 radical (unpaired) electrons. The Morgan fingerprint density at radius 1 is 1.16 bits per heavy atom. The molecule has 4 saturated carbocycles. The van der Waals surface area contributed by atoms with Crippen LogP contribution in [0.25, 0.3) is 0 Å². The monoisotopic (exact) mass is 615 g/mol. The van der Waals surface area contributed by atoms with Crippen molar-refractivity contribution in [3.8, 4) is 0 Å². The summed E-state index contributed by atoms with van der Waals surface area (Å²) in [7, 11) is 0. The van der Waals surface area contributed by atoms with Crippen molar-refractivity contribution < 1.29 is 19.7 Å². The first-order valence-electron chi connectivity index (χ1n) is 16.7. The molecule has 7 atom stereocenters. The van der Waals surface area contributed by atoms with Crippen molar-refractivity contribution in [1.82, 2.24) is 4.98 Å². The number of aliphatic hydroxyl groups excluding tert-OH is 2. The lowest BCUT2D eigenvalue weighted by atomic mass is 9.60. The highest BCUT2D eigenvalue weighted by Crippen LogP contribution is 2.60. The van der Waals surface area contributed by atoms with Crippen molar-refractivity contribution in [1.29, 1.82) is 0 Å². The Balaban J connectivity index is 1.17. The number of ether oxygens (including phenoxy) is 1. The van der Waals surface area contributed by atoms with Crippen LogP contribution in [0.3, 0.4) is 0 Å². The van der Waals surface area contributed by atoms with Crippen LogP contribution in [0.15, 0.2) is 71.2 Å². The zero-order valence-electron chi connectivity index (χ0n) is 26.6. The summed E-state index contributed by atoms with van der Waals surface area (Å²) in [6.07, 6.45) is 14.0. The Morgan fingerprint density at radius 3 is 2.64 bits per heavy atom. The number of esters is 1. The van der Waals surface area contributed by atoms with Gasteiger partial charge in [0.2, 0.25) is 0 Å². The summed E-state index contributed by atoms with van der Waals surface area (Å²) in [5.41, 5.74) is 5.02. The van der Waals surface area contributed by atoms with Gasteiger partial charge in [-0.3, -0.25) is 0 Å². The summed E-state index contributed by atoms with van der Waals surface area (Å²) >= 11 is 1.71. The molecule has 236 valence electrons. The first-order chi connectivity index (χ1) is 21.1. The van der Waals surface area contributed by atoms with Crippen LogP contribution < -0.4 is 0 Å². The number of allylic oxidation sites excluding steroid dienone is 3. The first-order valence-corrected chi connectivity index (χ1v) is 17.6. The van der Waals surface area contributed by atoms with E-state index in [9.17, 15) is 15.0 Å². The van der Waals surface area contributed by atoms with Crippen LogP contribution in [0, 0.1) is 30.1 Å². The Bertz CT molecular complexity index is 1420. The van der Waals surface area contributed by atoms with Gasteiger partial charge in [-0.15, -0.1) is 11.3 Å². The number of carbonyl (C=O) groups excluding carboxylic acids is 1. The van der Waals surface area contributed by atoms with Gasteiger partial charge in [-0.1, -0.05) is 56.4 Å². The van der Waals surface area contributed by atoms with Crippen molar-refractivity contribution in [2.45, 2.75) is 115 Å². The smallest absolute Gasteiger partial charge is 0.338 e. The quantitative estimate of drug-likeness (QED) is 0.278. The minimum atomic E-state index is -0.651. The van der Waals surface area contributed by atoms with Gasteiger partial charge in [0.1, 0.15) is 11.1 Å². The van der Waals surface area contributed by atoms with Crippen molar-refractivity contribution in [2.75, 3.05) is 0 Å². The Kier molecular flexibility index (Phi) is 9.07. The number of benzene rings is 1. The van der Waals surface area contributed by atoms with Crippen molar-refractivity contribution in [3.05, 3.63) is 87.4 Å². The molecule has 0 unspecified atom stereocenters. The van der Waals surface area contributed by atoms with Crippen LogP contribution in [0.1, 0.15) is 106 Å². The molecule has 0 aliphatic heterocycles. The lowest BCUT2D eigenvalue weighted by Crippen LogP contribution is -2.37. The van der Waals surface area contributed by atoms with E-state index in [1.807, 2.05) is 37.3 Å². The number of aromatic nitrogens is 1. The molecule has 6 heteroatoms. The van der Waals surface area contributed by atoms with Gasteiger partial charge in [-0.2, -0.15) is 0 Å². The normalized spacial score (nSPS) is 32.8. The topological polar surface area (TPSA) is 79.7 Å². The van der Waals surface area contributed by atoms with Crippen molar-refractivity contribution in [3.63, 3.8) is 0 Å². The van der Waals surface area contributed by atoms with Crippen LogP contribution in [-0.4, -0.2) is 39.5 Å². The number of nitrogens with zero attached hydrogens (tertiary/aromatic N) is 1. The van der Waals surface area contributed by atoms with Gasteiger partial charge in [0, 0.05) is 17.5 Å². The van der Waals surface area contributed by atoms with E-state index >= 15 is 0 Å². The van der Waals surface area contributed by atoms with Crippen LogP contribution >= 0.6 is 11.3 Å². The molecule has 1 heterocycles. The van der Waals surface area contributed by atoms with E-state index < -0.39 is 12.2 Å². The summed E-state index contributed by atoms with van der Waals surface area (Å²) in [4.78, 5) is 18.2. The molecule has 4 aliphatic rings. The minimum Gasteiger partial charge on any atom is -0.458 e. The maximum atomic E-state index is 13.3. The summed E-state index contributed by atoms with van der Waals surface area (Å²) < 4.78 is 6.37. The van der Waals surface area contributed by atoms with Gasteiger partial charge < -0.3 is 14.9 Å². The first kappa shape index (κ1) is 31.4. The van der Waals surface area contributed by atoms with Crippen LogP contribution in [0.5, 0.6) is 0 Å². The fraction of sp³-hybridized carbons (Fsp3) is 0.579. The molecule has 0 bridgehead atoms. The molecular formula is C38H49NO4S. The maximum absolute atomic E-state index is 13.3. The zero-order valence-corrected chi connectivity index (χ0v) is 27.5. The molecule has 1 aromatic carbocycles. The molecule has 44 heavy (non-hydrogen) atoms. The summed E-state index contributed by atoms with van der Waals surface area (Å²) in [6, 6.07) is 9.39. The number of hydrogen-bond donors (Lipinski definition) is 2. The van der Waals surface area contributed by atoms with E-state index in [1.165, 1.54) is 31.3 Å². The highest BCUT2D eigenvalue weighted by atomic mass is 32.1. The third-order valence-corrected chi connectivity index (χ3v) is 12.8. The second-order valence-corrected chi connectivity index (χ2v) is 15.3. The fourth-order valence-corrected chi connectivity index (χ4v) is 10.0. The number of carbonyl (C=O) groups is 1. The predicted molar refractivity (Wildman–Crippen MR) is 177 cm³/mol. The van der Waals surface area contributed by atoms with Gasteiger partial charge in [-0.05, 0) is 118 Å². The molecule has 4 aliphatic carbocycles. The highest BCUT2D eigenvalue weighted by Gasteiger charge is 2.56. The van der Waals surface area contributed by atoms with E-state index in [2.05, 4.69) is 38.0 Å². The Labute approximate surface area is 267 Å². The molecule has 0 amide bonds. The van der Waals surface area contributed by atoms with E-state index in [4.69, 9.17) is 9.72 Å². The average molecular weight is 616 g/mol. The van der Waals surface area contributed by atoms with Crippen LogP contribution in [0.4, 0.5) is 0 Å². The molecule has 0 spiro atoms. The van der Waals surface area contributed by atoms with E-state index in [-0.39, 0.29) is 22.9 Å². The molecule has 5 nitrogen and oxygen atoms in total. The van der Waals surface area contributed by atoms with E-state index in [0.717, 1.165) is 54.0 Å². The number of aryl methyl sites for hydroxylation is 1. The zero-order chi connectivity index (χ0) is 31.1. The number of fused-ring (bicyclic) bond motifs is 1. The van der Waals surface area contributed by atoms with Gasteiger partial charge in [0.05, 0.1) is 23.2 Å². The van der Waals surface area contributed by atoms with Gasteiger partial charge in [0.25, 0.3) is 0 Å². The third-order valence-electron chi connectivity index (χ3n) is 11.6. The fourth-order valence-electron chi connectivity index (χ4n) is 8.91. The molecule has 0 saturated heterocycles. The number of hydrogen-bond acceptors (Lipinski definition) is 6. The number of aliphatic hydroxyl groups is 2. The predicted octanol–water partition coefficient (Wildman–Crippen LogP) is 8.27. The average Bonchev–Trinajstić information content (AvgIpc) is 3.56. The summed E-state index contributed by atoms with van der Waals surface area (Å²) in [5.74, 6) is 1.48. The lowest BCUT2D eigenvalue weighted by Gasteiger charge is -2.44. The lowest BCUT2D eigenvalue weighted by molar-refractivity contribution is 0.0127. The van der Waals surface area contributed by atoms with Crippen LogP contribution in [0.2, 0.25) is 0 Å². The summed E-state index contributed by atoms with van der Waals surface area (Å²) in [5, 5.41) is 23.8. The maximum Gasteiger partial charge on any atom is 0.338 e. The van der Waals surface area contributed by atoms with E-state index in [0.29, 0.717) is 36.2 Å². The Morgan fingerprint density at radius 2 is 1.93 bits per heavy atom. The number of thiazole rings is 1. The molecule has 6 rings (SSSR count). The molecule has 2 aromatic rings. The summed E-state index contributed by atoms with van der Waals surface area (Å²) in [6.45, 7) is 11.1. The van der Waals surface area contributed by atoms with Crippen LogP contribution in [-0.2, 0) is 10.2 Å². The minimum absolute atomic E-state index is 0.149. The highest BCUT2D eigenvalue weighted by molar-refractivity contribution is 7.09. The van der Waals surface area contributed by atoms with Gasteiger partial charge in [0.15, 0.2) is 0 Å². The SMILES string of the molecule is C=C1/C(=C\C=C2/CCC[C@]3(C)[C@@H]([C@H](C)CC[C@H](OC(=O)c4ccccc4)C4(c5nc(C)cs5)CC4)CC[C@@H]23)C[C@@H](O)C[C@@H]1O. The van der Waals surface area contributed by atoms with E-state index in [1.54, 1.807) is 11.3 Å². The largest absolute Gasteiger partial charge is 0.458 e. The molecule has 4 fully saturated rings. The molecule has 1 aromatic heterocycles. The molecule has 2 N–H and O–H groups in total. The van der Waals surface area contributed by atoms with Crippen molar-refractivity contribution >= 4 is 17.3 Å². The Hall–Kier alpha value is -2.54. The second-order valence-electron chi connectivity index (χ2n) is 14.4. The second kappa shape index (κ2) is 12.7. The third kappa shape index (κ3) is 6.15. The molecular weight excluding hydrogens is 566 g/mol. The van der Waals surface area contributed by atoms with Crippen molar-refractivity contribution in [2.24, 2.45) is 23.2 Å². The van der Waals surface area contributed by atoms with Gasteiger partial charge in [-0.25, -0.2) is 9.78 Å². The standard InChI is InChI=1S/C38H49NO4S/c1-24(12-17-34(43-35(42)28-9-6-5-7-10-28)38(19-20-38)36-39-25(2)23-44-36)31-15-16-32-27(11-8-18-37(31,32)4)13-14-29-21-30(40)22-33(41)26(29)3/h5-7,9-10,13-14,23-24,30-34,40-41H,3,8,11-12,15-22H2,1-2,4H3/b27-13+,29-14-/t24-,30-,31-,32+,33+,34+,37-/m1/s1. The number of rotatable bonds is 9.